The number of fused-ring (bicyclic) bond motifs is 1. The molecular weight excluding hydrogens is 335 g/mol. The smallest absolute Gasteiger partial charge is 0.383 e. The molecule has 9 heteroatoms. The van der Waals surface area contributed by atoms with Crippen LogP contribution < -0.4 is 5.73 Å². The number of carbonyl (C=O) groups excluding carboxylic acids is 1. The highest BCUT2D eigenvalue weighted by atomic mass is 19.4. The summed E-state index contributed by atoms with van der Waals surface area (Å²) in [5.74, 6) is 0.0872. The summed E-state index contributed by atoms with van der Waals surface area (Å²) in [7, 11) is 0. The van der Waals surface area contributed by atoms with Gasteiger partial charge in [-0.1, -0.05) is 12.1 Å². The molecule has 25 heavy (non-hydrogen) atoms. The van der Waals surface area contributed by atoms with Crippen LogP contribution in [-0.2, 0) is 11.3 Å². The maximum atomic E-state index is 12.3. The van der Waals surface area contributed by atoms with Gasteiger partial charge in [0.2, 0.25) is 5.91 Å². The van der Waals surface area contributed by atoms with Gasteiger partial charge in [0.1, 0.15) is 18.1 Å². The summed E-state index contributed by atoms with van der Waals surface area (Å²) in [6.07, 6.45) is -5.87. The summed E-state index contributed by atoms with van der Waals surface area (Å²) in [5, 5.41) is 0.786. The van der Waals surface area contributed by atoms with Crippen molar-refractivity contribution in [2.45, 2.75) is 19.1 Å². The van der Waals surface area contributed by atoms with Gasteiger partial charge in [-0.3, -0.25) is 9.69 Å². The van der Waals surface area contributed by atoms with Gasteiger partial charge in [-0.15, -0.1) is 0 Å². The molecule has 1 aliphatic heterocycles. The van der Waals surface area contributed by atoms with Crippen LogP contribution in [0.4, 0.5) is 19.0 Å². The summed E-state index contributed by atoms with van der Waals surface area (Å²) in [6.45, 7) is 1.91. The molecule has 1 amide bonds. The van der Waals surface area contributed by atoms with Gasteiger partial charge in [-0.2, -0.15) is 13.2 Å². The second kappa shape index (κ2) is 6.83. The molecule has 0 aliphatic carbocycles. The molecule has 0 bridgehead atoms. The number of amides is 1. The fourth-order valence-corrected chi connectivity index (χ4v) is 2.86. The van der Waals surface area contributed by atoms with E-state index >= 15 is 0 Å². The van der Waals surface area contributed by atoms with Crippen molar-refractivity contribution >= 4 is 22.6 Å². The molecule has 2 heterocycles. The fourth-order valence-electron chi connectivity index (χ4n) is 2.86. The first kappa shape index (κ1) is 17.4. The van der Waals surface area contributed by atoms with E-state index in [1.54, 1.807) is 0 Å². The molecule has 0 saturated carbocycles. The van der Waals surface area contributed by atoms with E-state index in [1.165, 1.54) is 4.90 Å². The van der Waals surface area contributed by atoms with Gasteiger partial charge in [0.15, 0.2) is 0 Å². The normalized spacial score (nSPS) is 16.4. The number of hydrogen-bond donors (Lipinski definition) is 1. The Labute approximate surface area is 142 Å². The van der Waals surface area contributed by atoms with Crippen molar-refractivity contribution in [2.75, 3.05) is 31.9 Å². The predicted octanol–water partition coefficient (Wildman–Crippen LogP) is 1.81. The number of aromatic nitrogens is 2. The Balaban J connectivity index is 1.60. The van der Waals surface area contributed by atoms with Crippen LogP contribution in [0.1, 0.15) is 12.2 Å². The average molecular weight is 353 g/mol. The second-order valence-corrected chi connectivity index (χ2v) is 5.99. The minimum absolute atomic E-state index is 0.262. The average Bonchev–Trinajstić information content (AvgIpc) is 2.54. The lowest BCUT2D eigenvalue weighted by Gasteiger charge is -2.34. The zero-order chi connectivity index (χ0) is 18.0. The first-order valence-corrected chi connectivity index (χ1v) is 7.90. The van der Waals surface area contributed by atoms with Crippen molar-refractivity contribution < 1.29 is 18.0 Å². The molecule has 2 aromatic rings. The highest BCUT2D eigenvalue weighted by Crippen LogP contribution is 2.22. The number of para-hydroxylation sites is 1. The van der Waals surface area contributed by atoms with Crippen LogP contribution in [0.3, 0.4) is 0 Å². The summed E-state index contributed by atoms with van der Waals surface area (Å²) in [5.41, 5.74) is 6.71. The van der Waals surface area contributed by atoms with Crippen LogP contribution in [-0.4, -0.2) is 58.0 Å². The van der Waals surface area contributed by atoms with E-state index in [0.29, 0.717) is 31.3 Å². The number of hydrogen-bond acceptors (Lipinski definition) is 5. The SMILES string of the molecule is Nc1nc(CN2CCN(C(=O)CC(F)(F)F)CC2)nc2ccccc12. The first-order chi connectivity index (χ1) is 11.8. The van der Waals surface area contributed by atoms with Gasteiger partial charge in [0.05, 0.1) is 12.1 Å². The van der Waals surface area contributed by atoms with E-state index in [9.17, 15) is 18.0 Å². The molecule has 1 fully saturated rings. The van der Waals surface area contributed by atoms with Gasteiger partial charge in [0, 0.05) is 31.6 Å². The Morgan fingerprint density at radius 3 is 2.48 bits per heavy atom. The highest BCUT2D eigenvalue weighted by molar-refractivity contribution is 5.87. The summed E-state index contributed by atoms with van der Waals surface area (Å²) in [6, 6.07) is 7.42. The van der Waals surface area contributed by atoms with Crippen LogP contribution in [0.2, 0.25) is 0 Å². The maximum Gasteiger partial charge on any atom is 0.397 e. The van der Waals surface area contributed by atoms with Gasteiger partial charge in [-0.05, 0) is 12.1 Å². The third kappa shape index (κ3) is 4.36. The van der Waals surface area contributed by atoms with Gasteiger partial charge in [-0.25, -0.2) is 9.97 Å². The minimum atomic E-state index is -4.47. The van der Waals surface area contributed by atoms with Crippen molar-refractivity contribution in [3.05, 3.63) is 30.1 Å². The summed E-state index contributed by atoms with van der Waals surface area (Å²) >= 11 is 0. The zero-order valence-electron chi connectivity index (χ0n) is 13.5. The summed E-state index contributed by atoms with van der Waals surface area (Å²) in [4.78, 5) is 23.6. The lowest BCUT2D eigenvalue weighted by Crippen LogP contribution is -2.49. The third-order valence-corrected chi connectivity index (χ3v) is 4.12. The van der Waals surface area contributed by atoms with Crippen LogP contribution in [0.5, 0.6) is 0 Å². The maximum absolute atomic E-state index is 12.3. The van der Waals surface area contributed by atoms with Crippen molar-refractivity contribution in [1.29, 1.82) is 0 Å². The number of nitrogen functional groups attached to an aromatic ring is 1. The van der Waals surface area contributed by atoms with Gasteiger partial charge in [0.25, 0.3) is 0 Å². The third-order valence-electron chi connectivity index (χ3n) is 4.12. The number of nitrogens with two attached hydrogens (primary N) is 1. The number of benzene rings is 1. The molecule has 2 N–H and O–H groups in total. The number of carbonyl (C=O) groups is 1. The lowest BCUT2D eigenvalue weighted by molar-refractivity contribution is -0.162. The van der Waals surface area contributed by atoms with Crippen molar-refractivity contribution in [2.24, 2.45) is 0 Å². The van der Waals surface area contributed by atoms with Crippen LogP contribution in [0.25, 0.3) is 10.9 Å². The number of anilines is 1. The molecule has 1 aromatic heterocycles. The van der Waals surface area contributed by atoms with Crippen LogP contribution >= 0.6 is 0 Å². The molecule has 0 radical (unpaired) electrons. The van der Waals surface area contributed by atoms with Crippen LogP contribution in [0.15, 0.2) is 24.3 Å². The monoisotopic (exact) mass is 353 g/mol. The molecule has 0 spiro atoms. The molecule has 134 valence electrons. The zero-order valence-corrected chi connectivity index (χ0v) is 13.5. The van der Waals surface area contributed by atoms with Crippen LogP contribution in [0, 0.1) is 0 Å². The van der Waals surface area contributed by atoms with Gasteiger partial charge >= 0.3 is 6.18 Å². The van der Waals surface area contributed by atoms with Crippen molar-refractivity contribution in [3.63, 3.8) is 0 Å². The number of rotatable bonds is 3. The van der Waals surface area contributed by atoms with Gasteiger partial charge < -0.3 is 10.6 Å². The molecule has 1 aromatic carbocycles. The predicted molar refractivity (Wildman–Crippen MR) is 86.5 cm³/mol. The Morgan fingerprint density at radius 1 is 1.12 bits per heavy atom. The van der Waals surface area contributed by atoms with E-state index in [2.05, 4.69) is 9.97 Å². The number of piperazine rings is 1. The summed E-state index contributed by atoms with van der Waals surface area (Å²) < 4.78 is 36.9. The Morgan fingerprint density at radius 2 is 1.80 bits per heavy atom. The van der Waals surface area contributed by atoms with E-state index in [-0.39, 0.29) is 13.1 Å². The molecule has 6 nitrogen and oxygen atoms in total. The number of alkyl halides is 3. The lowest BCUT2D eigenvalue weighted by atomic mass is 10.2. The van der Waals surface area contributed by atoms with Crippen molar-refractivity contribution in [1.82, 2.24) is 19.8 Å². The number of nitrogens with zero attached hydrogens (tertiary/aromatic N) is 4. The topological polar surface area (TPSA) is 75.3 Å². The molecular formula is C16H18F3N5O. The highest BCUT2D eigenvalue weighted by Gasteiger charge is 2.34. The molecule has 0 atom stereocenters. The van der Waals surface area contributed by atoms with E-state index in [4.69, 9.17) is 5.73 Å². The molecule has 1 aliphatic rings. The Kier molecular flexibility index (Phi) is 4.76. The fraction of sp³-hybridized carbons (Fsp3) is 0.438. The standard InChI is InChI=1S/C16H18F3N5O/c17-16(18,19)9-14(25)24-7-5-23(6-8-24)10-13-21-12-4-2-1-3-11(12)15(20)22-13/h1-4H,5-10H2,(H2,20,21,22). The second-order valence-electron chi connectivity index (χ2n) is 5.99. The molecule has 3 rings (SSSR count). The van der Waals surface area contributed by atoms with E-state index in [1.807, 2.05) is 29.2 Å². The minimum Gasteiger partial charge on any atom is -0.383 e. The quantitative estimate of drug-likeness (QED) is 0.911. The molecule has 1 saturated heterocycles. The first-order valence-electron chi connectivity index (χ1n) is 7.90. The number of halogens is 3. The van der Waals surface area contributed by atoms with Crippen molar-refractivity contribution in [3.8, 4) is 0 Å². The van der Waals surface area contributed by atoms with E-state index < -0.39 is 18.5 Å². The molecule has 0 unspecified atom stereocenters. The largest absolute Gasteiger partial charge is 0.397 e. The Hall–Kier alpha value is -2.42. The Bertz CT molecular complexity index is 772. The van der Waals surface area contributed by atoms with E-state index in [0.717, 1.165) is 10.9 Å².